The summed E-state index contributed by atoms with van der Waals surface area (Å²) in [7, 11) is -4.13. The molecule has 1 aromatic heterocycles. The Labute approximate surface area is 264 Å². The van der Waals surface area contributed by atoms with Gasteiger partial charge in [-0.1, -0.05) is 42.1 Å². The van der Waals surface area contributed by atoms with Crippen LogP contribution in [0, 0.1) is 5.41 Å². The van der Waals surface area contributed by atoms with Gasteiger partial charge in [0.25, 0.3) is 0 Å². The molecule has 1 aliphatic rings. The van der Waals surface area contributed by atoms with Crippen molar-refractivity contribution in [3.05, 3.63) is 58.6 Å². The van der Waals surface area contributed by atoms with Crippen molar-refractivity contribution in [3.8, 4) is 0 Å². The quantitative estimate of drug-likeness (QED) is 0.141. The number of nitrogen functional groups attached to an aromatic ring is 1. The fourth-order valence-corrected chi connectivity index (χ4v) is 6.62. The molecule has 0 amide bonds. The van der Waals surface area contributed by atoms with Crippen molar-refractivity contribution in [1.29, 1.82) is 0 Å². The molecule has 5 atom stereocenters. The number of nitrogens with zero attached hydrogens (tertiary/aromatic N) is 2. The van der Waals surface area contributed by atoms with E-state index in [1.807, 2.05) is 6.07 Å². The number of aliphatic hydroxyl groups is 1. The van der Waals surface area contributed by atoms with Gasteiger partial charge in [-0.15, -0.1) is 0 Å². The average Bonchev–Trinajstić information content (AvgIpc) is 3.23. The van der Waals surface area contributed by atoms with E-state index in [1.54, 1.807) is 38.1 Å². The fourth-order valence-electron chi connectivity index (χ4n) is 4.38. The van der Waals surface area contributed by atoms with Crippen LogP contribution < -0.4 is 16.5 Å². The number of ether oxygens (including phenoxy) is 3. The largest absolute Gasteiger partial charge is 0.455 e. The van der Waals surface area contributed by atoms with E-state index in [2.05, 4.69) is 10.1 Å². The third-order valence-electron chi connectivity index (χ3n) is 6.71. The maximum absolute atomic E-state index is 13.9. The second-order valence-corrected chi connectivity index (χ2v) is 13.9. The second-order valence-electron chi connectivity index (χ2n) is 11.0. The maximum atomic E-state index is 13.9. The first-order chi connectivity index (χ1) is 21.1. The van der Waals surface area contributed by atoms with Crippen molar-refractivity contribution in [2.45, 2.75) is 65.2 Å². The van der Waals surface area contributed by atoms with Gasteiger partial charge in [0.15, 0.2) is 23.0 Å². The topological polar surface area (TPSA) is 208 Å². The van der Waals surface area contributed by atoms with E-state index in [-0.39, 0.29) is 36.4 Å². The Kier molecular flexibility index (Phi) is 12.5. The molecule has 45 heavy (non-hydrogen) atoms. The Morgan fingerprint density at radius 1 is 1.18 bits per heavy atom. The monoisotopic (exact) mass is 670 g/mol. The summed E-state index contributed by atoms with van der Waals surface area (Å²) >= 11 is 0.913. The summed E-state index contributed by atoms with van der Waals surface area (Å²) in [5.41, 5.74) is 2.86. The number of esters is 2. The van der Waals surface area contributed by atoms with Gasteiger partial charge >= 0.3 is 25.4 Å². The third-order valence-corrected chi connectivity index (χ3v) is 9.45. The molecule has 0 radical (unpaired) electrons. The molecule has 2 unspecified atom stereocenters. The number of carbonyl (C=O) groups excluding carboxylic acids is 3. The highest BCUT2D eigenvalue weighted by Crippen LogP contribution is 2.48. The van der Waals surface area contributed by atoms with Crippen LogP contribution in [0.5, 0.6) is 0 Å². The summed E-state index contributed by atoms with van der Waals surface area (Å²) in [5, 5.41) is 12.0. The van der Waals surface area contributed by atoms with Gasteiger partial charge in [-0.3, -0.25) is 28.0 Å². The van der Waals surface area contributed by atoms with Crippen LogP contribution in [0.2, 0.25) is 0 Å². The molecular formula is C28H39N4O11PS. The van der Waals surface area contributed by atoms with Gasteiger partial charge in [0.2, 0.25) is 0 Å². The highest BCUT2D eigenvalue weighted by molar-refractivity contribution is 8.13. The standard InChI is InChI=1S/C28H39N4O11PS/c1-18(34)41-23-21(42-24(28(23,5)43-19(2)35)32-12-11-22(29)31-26(32)37)16-40-44(38,30-15-20-9-7-6-8-10-20)39-13-14-45-25(36)27(3,4)17-33/h6-12,21,23-24,33H,13-17H2,1-5H3,(H,30,38)(H2,29,31,37)/t21-,23+,24-,28?,44?/m1/s1. The number of thioether (sulfide) groups is 1. The first-order valence-electron chi connectivity index (χ1n) is 13.9. The summed E-state index contributed by atoms with van der Waals surface area (Å²) in [4.78, 5) is 53.2. The first kappa shape index (κ1) is 36.4. The number of nitrogens with one attached hydrogen (secondary N) is 1. The second kappa shape index (κ2) is 15.5. The average molecular weight is 671 g/mol. The van der Waals surface area contributed by atoms with Gasteiger partial charge in [0, 0.05) is 32.3 Å². The maximum Gasteiger partial charge on any atom is 0.405 e. The van der Waals surface area contributed by atoms with E-state index in [0.29, 0.717) is 0 Å². The number of carbonyl (C=O) groups is 3. The van der Waals surface area contributed by atoms with Crippen LogP contribution in [0.1, 0.15) is 46.4 Å². The normalized spacial score (nSPS) is 22.8. The van der Waals surface area contributed by atoms with E-state index in [1.165, 1.54) is 19.2 Å². The Hall–Kier alpha value is -3.11. The predicted octanol–water partition coefficient (Wildman–Crippen LogP) is 2.19. The molecule has 3 rings (SSSR count). The summed E-state index contributed by atoms with van der Waals surface area (Å²) < 4.78 is 43.6. The van der Waals surface area contributed by atoms with E-state index in [0.717, 1.165) is 35.7 Å². The molecule has 0 aliphatic carbocycles. The number of hydrogen-bond donors (Lipinski definition) is 3. The molecule has 1 fully saturated rings. The predicted molar refractivity (Wildman–Crippen MR) is 164 cm³/mol. The molecule has 15 nitrogen and oxygen atoms in total. The molecule has 0 saturated carbocycles. The lowest BCUT2D eigenvalue weighted by Crippen LogP contribution is -2.51. The van der Waals surface area contributed by atoms with Crippen LogP contribution in [0.25, 0.3) is 0 Å². The summed E-state index contributed by atoms with van der Waals surface area (Å²) in [6.07, 6.45) is -2.61. The highest BCUT2D eigenvalue weighted by atomic mass is 32.2. The van der Waals surface area contributed by atoms with Crippen molar-refractivity contribution in [2.24, 2.45) is 5.41 Å². The number of rotatable bonds is 15. The molecule has 17 heteroatoms. The van der Waals surface area contributed by atoms with Crippen LogP contribution in [0.4, 0.5) is 5.82 Å². The molecule has 0 bridgehead atoms. The molecule has 1 aromatic carbocycles. The molecule has 248 valence electrons. The molecule has 2 heterocycles. The zero-order valence-electron chi connectivity index (χ0n) is 25.7. The molecule has 1 aliphatic heterocycles. The molecule has 1 saturated heterocycles. The number of anilines is 1. The van der Waals surface area contributed by atoms with E-state index in [9.17, 15) is 28.8 Å². The highest BCUT2D eigenvalue weighted by Gasteiger charge is 2.60. The van der Waals surface area contributed by atoms with Gasteiger partial charge in [-0.2, -0.15) is 4.98 Å². The Morgan fingerprint density at radius 3 is 2.47 bits per heavy atom. The van der Waals surface area contributed by atoms with Crippen molar-refractivity contribution in [2.75, 3.05) is 31.3 Å². The van der Waals surface area contributed by atoms with E-state index < -0.39 is 61.4 Å². The van der Waals surface area contributed by atoms with Gasteiger partial charge in [0.1, 0.15) is 11.9 Å². The summed E-state index contributed by atoms with van der Waals surface area (Å²) in [6, 6.07) is 10.4. The SMILES string of the molecule is CC(=O)O[C@H]1[C@@H](COP(=O)(NCc2ccccc2)OCCSC(=O)C(C)(C)CO)O[C@@H](n2ccc(N)nc2=O)C1(C)OC(C)=O. The lowest BCUT2D eigenvalue weighted by Gasteiger charge is -2.34. The minimum Gasteiger partial charge on any atom is -0.455 e. The lowest BCUT2D eigenvalue weighted by molar-refractivity contribution is -0.185. The van der Waals surface area contributed by atoms with Crippen LogP contribution in [0.15, 0.2) is 47.4 Å². The van der Waals surface area contributed by atoms with Crippen LogP contribution in [-0.4, -0.2) is 75.1 Å². The minimum atomic E-state index is -4.13. The molecule has 2 aromatic rings. The Balaban J connectivity index is 1.86. The van der Waals surface area contributed by atoms with Crippen LogP contribution in [-0.2, 0) is 48.8 Å². The molecular weight excluding hydrogens is 631 g/mol. The van der Waals surface area contributed by atoms with Crippen molar-refractivity contribution in [3.63, 3.8) is 0 Å². The summed E-state index contributed by atoms with van der Waals surface area (Å²) in [6.45, 7) is 5.97. The van der Waals surface area contributed by atoms with Crippen molar-refractivity contribution < 1.29 is 47.3 Å². The van der Waals surface area contributed by atoms with E-state index in [4.69, 9.17) is 29.0 Å². The zero-order chi connectivity index (χ0) is 33.4. The third kappa shape index (κ3) is 9.69. The van der Waals surface area contributed by atoms with Gasteiger partial charge < -0.3 is 25.1 Å². The summed E-state index contributed by atoms with van der Waals surface area (Å²) in [5.74, 6) is -1.44. The van der Waals surface area contributed by atoms with Crippen LogP contribution >= 0.6 is 19.5 Å². The van der Waals surface area contributed by atoms with E-state index >= 15 is 0 Å². The number of aromatic nitrogens is 2. The van der Waals surface area contributed by atoms with Gasteiger partial charge in [-0.25, -0.2) is 14.4 Å². The number of hydrogen-bond acceptors (Lipinski definition) is 14. The smallest absolute Gasteiger partial charge is 0.405 e. The Bertz CT molecular complexity index is 1460. The number of benzene rings is 1. The number of aliphatic hydroxyl groups excluding tert-OH is 1. The molecule has 4 N–H and O–H groups in total. The molecule has 0 spiro atoms. The zero-order valence-corrected chi connectivity index (χ0v) is 27.4. The number of nitrogens with two attached hydrogens (primary N) is 1. The van der Waals surface area contributed by atoms with Gasteiger partial charge in [-0.05, 0) is 32.4 Å². The van der Waals surface area contributed by atoms with Crippen molar-refractivity contribution >= 4 is 42.4 Å². The minimum absolute atomic E-state index is 0.0535. The fraction of sp³-hybridized carbons (Fsp3) is 0.536. The van der Waals surface area contributed by atoms with Crippen LogP contribution in [0.3, 0.4) is 0 Å². The lowest BCUT2D eigenvalue weighted by atomic mass is 9.95. The van der Waals surface area contributed by atoms with Gasteiger partial charge in [0.05, 0.1) is 25.2 Å². The Morgan fingerprint density at radius 2 is 1.87 bits per heavy atom. The van der Waals surface area contributed by atoms with Crippen molar-refractivity contribution in [1.82, 2.24) is 14.6 Å². The first-order valence-corrected chi connectivity index (χ1v) is 16.5.